The topological polar surface area (TPSA) is 49.3 Å². The number of thiophene rings is 1. The second-order valence-electron chi connectivity index (χ2n) is 4.20. The van der Waals surface area contributed by atoms with Crippen LogP contribution < -0.4 is 5.32 Å². The normalized spacial score (nSPS) is 10.6. The van der Waals surface area contributed by atoms with Gasteiger partial charge >= 0.3 is 5.97 Å². The highest BCUT2D eigenvalue weighted by Crippen LogP contribution is 2.21. The molecule has 0 fully saturated rings. The molecule has 0 saturated carbocycles. The molecule has 2 rings (SSSR count). The van der Waals surface area contributed by atoms with E-state index in [9.17, 15) is 4.79 Å². The molecule has 19 heavy (non-hydrogen) atoms. The van der Waals surface area contributed by atoms with Crippen LogP contribution in [0.1, 0.15) is 16.0 Å². The molecule has 1 aromatic carbocycles. The van der Waals surface area contributed by atoms with Gasteiger partial charge in [-0.2, -0.15) is 0 Å². The number of aliphatic carboxylic acids is 1. The molecule has 0 saturated heterocycles. The zero-order valence-corrected chi connectivity index (χ0v) is 11.8. The number of carbonyl (C=O) groups is 1. The van der Waals surface area contributed by atoms with Crippen LogP contribution in [0.15, 0.2) is 36.4 Å². The van der Waals surface area contributed by atoms with Crippen molar-refractivity contribution in [2.45, 2.75) is 19.5 Å². The van der Waals surface area contributed by atoms with Crippen molar-refractivity contribution in [1.29, 1.82) is 0 Å². The number of halogens is 1. The monoisotopic (exact) mass is 295 g/mol. The third kappa shape index (κ3) is 4.67. The lowest BCUT2D eigenvalue weighted by Crippen LogP contribution is -2.11. The maximum absolute atomic E-state index is 10.6. The summed E-state index contributed by atoms with van der Waals surface area (Å²) in [7, 11) is 0. The predicted octanol–water partition coefficient (Wildman–Crippen LogP) is 3.32. The number of benzene rings is 1. The molecule has 0 bridgehead atoms. The lowest BCUT2D eigenvalue weighted by Gasteiger charge is -2.04. The molecule has 1 heterocycles. The largest absolute Gasteiger partial charge is 0.481 e. The minimum absolute atomic E-state index is 0.0708. The molecule has 0 radical (unpaired) electrons. The zero-order valence-electron chi connectivity index (χ0n) is 10.2. The zero-order chi connectivity index (χ0) is 13.7. The lowest BCUT2D eigenvalue weighted by atomic mass is 10.1. The van der Waals surface area contributed by atoms with Gasteiger partial charge in [-0.25, -0.2) is 0 Å². The minimum atomic E-state index is -0.805. The van der Waals surface area contributed by atoms with Crippen LogP contribution in [0.5, 0.6) is 0 Å². The molecule has 0 aliphatic heterocycles. The number of hydrogen-bond acceptors (Lipinski definition) is 3. The van der Waals surface area contributed by atoms with Gasteiger partial charge in [-0.15, -0.1) is 11.3 Å². The van der Waals surface area contributed by atoms with Crippen LogP contribution in [0.4, 0.5) is 0 Å². The van der Waals surface area contributed by atoms with Crippen molar-refractivity contribution in [2.24, 2.45) is 0 Å². The van der Waals surface area contributed by atoms with Crippen molar-refractivity contribution < 1.29 is 9.90 Å². The predicted molar refractivity (Wildman–Crippen MR) is 77.7 cm³/mol. The second kappa shape index (κ2) is 6.70. The molecule has 0 aliphatic carbocycles. The first-order valence-electron chi connectivity index (χ1n) is 5.88. The summed E-state index contributed by atoms with van der Waals surface area (Å²) in [6, 6.07) is 11.5. The minimum Gasteiger partial charge on any atom is -0.481 e. The van der Waals surface area contributed by atoms with E-state index >= 15 is 0 Å². The molecule has 2 N–H and O–H groups in total. The smallest absolute Gasteiger partial charge is 0.307 e. The molecule has 2 aromatic rings. The molecule has 0 aliphatic rings. The van der Waals surface area contributed by atoms with Crippen LogP contribution in [0.2, 0.25) is 4.34 Å². The average molecular weight is 296 g/mol. The van der Waals surface area contributed by atoms with E-state index in [1.807, 2.05) is 36.4 Å². The van der Waals surface area contributed by atoms with Gasteiger partial charge in [0, 0.05) is 18.0 Å². The highest BCUT2D eigenvalue weighted by Gasteiger charge is 2.01. The van der Waals surface area contributed by atoms with Gasteiger partial charge in [-0.05, 0) is 23.3 Å². The number of carboxylic acid groups (broad SMARTS) is 1. The van der Waals surface area contributed by atoms with E-state index in [4.69, 9.17) is 16.7 Å². The first kappa shape index (κ1) is 14.1. The Morgan fingerprint density at radius 1 is 1.11 bits per heavy atom. The Hall–Kier alpha value is -1.36. The van der Waals surface area contributed by atoms with Gasteiger partial charge in [0.2, 0.25) is 0 Å². The number of carboxylic acids is 1. The van der Waals surface area contributed by atoms with Crippen LogP contribution in [-0.4, -0.2) is 11.1 Å². The molecule has 100 valence electrons. The number of hydrogen-bond donors (Lipinski definition) is 2. The van der Waals surface area contributed by atoms with E-state index in [-0.39, 0.29) is 6.42 Å². The van der Waals surface area contributed by atoms with Gasteiger partial charge in [0.15, 0.2) is 0 Å². The van der Waals surface area contributed by atoms with Crippen molar-refractivity contribution in [3.63, 3.8) is 0 Å². The van der Waals surface area contributed by atoms with Gasteiger partial charge in [-0.1, -0.05) is 35.9 Å². The standard InChI is InChI=1S/C14H14ClNO2S/c15-13-6-5-12(19-13)9-16-8-11-3-1-10(2-4-11)7-14(17)18/h1-6,16H,7-9H2,(H,17,18). The quantitative estimate of drug-likeness (QED) is 0.859. The summed E-state index contributed by atoms with van der Waals surface area (Å²) in [5.74, 6) is -0.805. The van der Waals surface area contributed by atoms with Crippen LogP contribution in [0, 0.1) is 0 Å². The molecule has 0 atom stereocenters. The van der Waals surface area contributed by atoms with E-state index in [0.29, 0.717) is 0 Å². The number of nitrogens with one attached hydrogen (secondary N) is 1. The summed E-state index contributed by atoms with van der Waals surface area (Å²) in [4.78, 5) is 11.8. The van der Waals surface area contributed by atoms with Crippen LogP contribution >= 0.6 is 22.9 Å². The Bertz CT molecular complexity index is 551. The highest BCUT2D eigenvalue weighted by molar-refractivity contribution is 7.16. The molecule has 0 amide bonds. The van der Waals surface area contributed by atoms with Gasteiger partial charge < -0.3 is 10.4 Å². The van der Waals surface area contributed by atoms with Crippen LogP contribution in [-0.2, 0) is 24.3 Å². The van der Waals surface area contributed by atoms with E-state index in [2.05, 4.69) is 5.32 Å². The van der Waals surface area contributed by atoms with Crippen molar-refractivity contribution in [3.8, 4) is 0 Å². The second-order valence-corrected chi connectivity index (χ2v) is 6.00. The Labute approximate surface area is 120 Å². The molecular weight excluding hydrogens is 282 g/mol. The van der Waals surface area contributed by atoms with Crippen molar-refractivity contribution in [1.82, 2.24) is 5.32 Å². The third-order valence-corrected chi connectivity index (χ3v) is 3.87. The lowest BCUT2D eigenvalue weighted by molar-refractivity contribution is -0.136. The highest BCUT2D eigenvalue weighted by atomic mass is 35.5. The Morgan fingerprint density at radius 3 is 2.37 bits per heavy atom. The van der Waals surface area contributed by atoms with E-state index in [1.54, 1.807) is 11.3 Å². The van der Waals surface area contributed by atoms with E-state index < -0.39 is 5.97 Å². The Kier molecular flexibility index (Phi) is 4.96. The summed E-state index contributed by atoms with van der Waals surface area (Å²) in [5.41, 5.74) is 1.96. The summed E-state index contributed by atoms with van der Waals surface area (Å²) in [6.07, 6.45) is 0.0708. The number of rotatable bonds is 6. The summed E-state index contributed by atoms with van der Waals surface area (Å²) in [5, 5.41) is 12.0. The van der Waals surface area contributed by atoms with Gasteiger partial charge in [-0.3, -0.25) is 4.79 Å². The molecule has 5 heteroatoms. The fourth-order valence-electron chi connectivity index (χ4n) is 1.73. The molecule has 0 unspecified atom stereocenters. The fourth-order valence-corrected chi connectivity index (χ4v) is 2.78. The molecule has 3 nitrogen and oxygen atoms in total. The first-order chi connectivity index (χ1) is 9.13. The van der Waals surface area contributed by atoms with Gasteiger partial charge in [0.25, 0.3) is 0 Å². The molecule has 0 spiro atoms. The molecular formula is C14H14ClNO2S. The third-order valence-electron chi connectivity index (χ3n) is 2.64. The Balaban J connectivity index is 1.81. The van der Waals surface area contributed by atoms with Crippen molar-refractivity contribution >= 4 is 28.9 Å². The SMILES string of the molecule is O=C(O)Cc1ccc(CNCc2ccc(Cl)s2)cc1. The average Bonchev–Trinajstić information content (AvgIpc) is 2.77. The van der Waals surface area contributed by atoms with Crippen LogP contribution in [0.25, 0.3) is 0 Å². The maximum Gasteiger partial charge on any atom is 0.307 e. The molecule has 1 aromatic heterocycles. The van der Waals surface area contributed by atoms with E-state index in [1.165, 1.54) is 4.88 Å². The maximum atomic E-state index is 10.6. The van der Waals surface area contributed by atoms with Gasteiger partial charge in [0.05, 0.1) is 10.8 Å². The van der Waals surface area contributed by atoms with Gasteiger partial charge in [0.1, 0.15) is 0 Å². The fraction of sp³-hybridized carbons (Fsp3) is 0.214. The Morgan fingerprint density at radius 2 is 1.79 bits per heavy atom. The summed E-state index contributed by atoms with van der Waals surface area (Å²) < 4.78 is 0.801. The first-order valence-corrected chi connectivity index (χ1v) is 7.07. The summed E-state index contributed by atoms with van der Waals surface area (Å²) in [6.45, 7) is 1.54. The summed E-state index contributed by atoms with van der Waals surface area (Å²) >= 11 is 7.43. The van der Waals surface area contributed by atoms with E-state index in [0.717, 1.165) is 28.6 Å². The van der Waals surface area contributed by atoms with Crippen LogP contribution in [0.3, 0.4) is 0 Å². The van der Waals surface area contributed by atoms with Crippen molar-refractivity contribution in [3.05, 3.63) is 56.7 Å². The van der Waals surface area contributed by atoms with Crippen molar-refractivity contribution in [2.75, 3.05) is 0 Å².